The van der Waals surface area contributed by atoms with Crippen LogP contribution in [-0.4, -0.2) is 29.1 Å². The molecule has 2 bridgehead atoms. The third kappa shape index (κ3) is 2.80. The van der Waals surface area contributed by atoms with Gasteiger partial charge in [0.2, 0.25) is 0 Å². The number of hydrogen-bond acceptors (Lipinski definition) is 4. The molecule has 1 aliphatic heterocycles. The van der Waals surface area contributed by atoms with Gasteiger partial charge in [0.05, 0.1) is 17.2 Å². The predicted octanol–water partition coefficient (Wildman–Crippen LogP) is 2.65. The largest absolute Gasteiger partial charge is 0.355 e. The lowest BCUT2D eigenvalue weighted by Crippen LogP contribution is -2.49. The number of rotatable bonds is 1. The van der Waals surface area contributed by atoms with Crippen LogP contribution in [0.3, 0.4) is 0 Å². The van der Waals surface area contributed by atoms with Crippen molar-refractivity contribution in [2.24, 2.45) is 17.6 Å². The van der Waals surface area contributed by atoms with E-state index in [-0.39, 0.29) is 24.8 Å². The molecule has 0 radical (unpaired) electrons. The molecule has 0 amide bonds. The van der Waals surface area contributed by atoms with Crippen LogP contribution in [0.2, 0.25) is 0 Å². The van der Waals surface area contributed by atoms with Crippen molar-refractivity contribution in [2.45, 2.75) is 18.9 Å². The first-order chi connectivity index (χ1) is 9.31. The first-order valence-corrected chi connectivity index (χ1v) is 7.03. The summed E-state index contributed by atoms with van der Waals surface area (Å²) < 4.78 is 0. The van der Waals surface area contributed by atoms with Crippen molar-refractivity contribution >= 4 is 41.7 Å². The zero-order valence-electron chi connectivity index (χ0n) is 11.7. The second-order valence-corrected chi connectivity index (χ2v) is 5.80. The molecular formula is C15H20Cl2N4. The van der Waals surface area contributed by atoms with E-state index in [1.54, 1.807) is 0 Å². The molecule has 1 aliphatic carbocycles. The molecule has 4 rings (SSSR count). The Balaban J connectivity index is 0.000000807. The number of benzene rings is 1. The normalized spacial score (nSPS) is 27.1. The Hall–Kier alpha value is -1.10. The van der Waals surface area contributed by atoms with Crippen LogP contribution < -0.4 is 10.6 Å². The van der Waals surface area contributed by atoms with E-state index in [2.05, 4.69) is 9.88 Å². The number of fused-ring (bicyclic) bond motifs is 3. The summed E-state index contributed by atoms with van der Waals surface area (Å²) in [5.74, 6) is 2.27. The van der Waals surface area contributed by atoms with Gasteiger partial charge in [0, 0.05) is 19.1 Å². The Morgan fingerprint density at radius 3 is 2.29 bits per heavy atom. The summed E-state index contributed by atoms with van der Waals surface area (Å²) in [4.78, 5) is 11.6. The minimum Gasteiger partial charge on any atom is -0.355 e. The highest BCUT2D eigenvalue weighted by Gasteiger charge is 2.40. The van der Waals surface area contributed by atoms with E-state index < -0.39 is 0 Å². The van der Waals surface area contributed by atoms with E-state index in [0.717, 1.165) is 29.9 Å². The molecule has 6 heteroatoms. The number of piperidine rings is 1. The molecule has 2 aromatic rings. The summed E-state index contributed by atoms with van der Waals surface area (Å²) in [6.45, 7) is 2.06. The summed E-state index contributed by atoms with van der Waals surface area (Å²) in [5.41, 5.74) is 8.19. The minimum absolute atomic E-state index is 0. The van der Waals surface area contributed by atoms with Crippen molar-refractivity contribution in [1.82, 2.24) is 9.97 Å². The number of hydrogen-bond donors (Lipinski definition) is 1. The van der Waals surface area contributed by atoms with Gasteiger partial charge in [-0.1, -0.05) is 12.1 Å². The third-order valence-corrected chi connectivity index (χ3v) is 4.67. The van der Waals surface area contributed by atoms with Crippen LogP contribution in [0.15, 0.2) is 30.5 Å². The Morgan fingerprint density at radius 2 is 1.62 bits per heavy atom. The zero-order valence-corrected chi connectivity index (χ0v) is 13.3. The smallest absolute Gasteiger partial charge is 0.147 e. The SMILES string of the molecule is Cl.Cl.NC1[C@@H]2CC[C@H]1CN(c1cnc3ccccc3n1)C2. The van der Waals surface area contributed by atoms with Crippen molar-refractivity contribution in [3.05, 3.63) is 30.5 Å². The minimum atomic E-state index is 0. The van der Waals surface area contributed by atoms with Crippen LogP contribution in [0.5, 0.6) is 0 Å². The number of halogens is 2. The molecule has 1 saturated heterocycles. The van der Waals surface area contributed by atoms with Crippen LogP contribution in [0.4, 0.5) is 5.82 Å². The highest BCUT2D eigenvalue weighted by molar-refractivity contribution is 5.85. The third-order valence-electron chi connectivity index (χ3n) is 4.67. The summed E-state index contributed by atoms with van der Waals surface area (Å²) in [6, 6.07) is 8.43. The maximum Gasteiger partial charge on any atom is 0.147 e. The second kappa shape index (κ2) is 6.34. The van der Waals surface area contributed by atoms with Gasteiger partial charge in [-0.05, 0) is 36.8 Å². The van der Waals surface area contributed by atoms with E-state index in [9.17, 15) is 0 Å². The number of anilines is 1. The van der Waals surface area contributed by atoms with Crippen molar-refractivity contribution in [1.29, 1.82) is 0 Å². The first-order valence-electron chi connectivity index (χ1n) is 7.03. The zero-order chi connectivity index (χ0) is 12.8. The number of nitrogens with two attached hydrogens (primary N) is 1. The Kier molecular flexibility index (Phi) is 4.91. The fraction of sp³-hybridized carbons (Fsp3) is 0.467. The quantitative estimate of drug-likeness (QED) is 0.875. The van der Waals surface area contributed by atoms with Gasteiger partial charge in [-0.15, -0.1) is 24.8 Å². The highest BCUT2D eigenvalue weighted by atomic mass is 35.5. The second-order valence-electron chi connectivity index (χ2n) is 5.80. The van der Waals surface area contributed by atoms with Gasteiger partial charge >= 0.3 is 0 Å². The molecule has 2 N–H and O–H groups in total. The summed E-state index contributed by atoms with van der Waals surface area (Å²) >= 11 is 0. The topological polar surface area (TPSA) is 55.0 Å². The summed E-state index contributed by atoms with van der Waals surface area (Å²) in [7, 11) is 0. The number of nitrogens with zero attached hydrogens (tertiary/aromatic N) is 3. The van der Waals surface area contributed by atoms with E-state index in [4.69, 9.17) is 10.7 Å². The van der Waals surface area contributed by atoms with Gasteiger partial charge in [0.15, 0.2) is 0 Å². The number of aromatic nitrogens is 2. The van der Waals surface area contributed by atoms with E-state index in [0.29, 0.717) is 17.9 Å². The van der Waals surface area contributed by atoms with Gasteiger partial charge in [0.25, 0.3) is 0 Å². The predicted molar refractivity (Wildman–Crippen MR) is 90.4 cm³/mol. The lowest BCUT2D eigenvalue weighted by Gasteiger charge is -2.36. The Bertz CT molecular complexity index is 607. The summed E-state index contributed by atoms with van der Waals surface area (Å²) in [5, 5.41) is 0. The molecule has 2 aliphatic rings. The van der Waals surface area contributed by atoms with Gasteiger partial charge < -0.3 is 10.6 Å². The average molecular weight is 327 g/mol. The molecule has 0 spiro atoms. The van der Waals surface area contributed by atoms with Gasteiger partial charge in [-0.3, -0.25) is 4.98 Å². The van der Waals surface area contributed by atoms with E-state index in [1.165, 1.54) is 12.8 Å². The molecule has 21 heavy (non-hydrogen) atoms. The van der Waals surface area contributed by atoms with Crippen LogP contribution in [-0.2, 0) is 0 Å². The van der Waals surface area contributed by atoms with Crippen molar-refractivity contribution in [3.8, 4) is 0 Å². The molecule has 1 unspecified atom stereocenters. The maximum absolute atomic E-state index is 6.25. The lowest BCUT2D eigenvalue weighted by atomic mass is 9.93. The van der Waals surface area contributed by atoms with Gasteiger partial charge in [-0.25, -0.2) is 4.98 Å². The number of para-hydroxylation sites is 2. The highest BCUT2D eigenvalue weighted by Crippen LogP contribution is 2.37. The maximum atomic E-state index is 6.25. The summed E-state index contributed by atoms with van der Waals surface area (Å²) in [6.07, 6.45) is 4.44. The first kappa shape index (κ1) is 16.3. The van der Waals surface area contributed by atoms with Gasteiger partial charge in [0.1, 0.15) is 5.82 Å². The molecule has 1 aromatic carbocycles. The average Bonchev–Trinajstić information content (AvgIpc) is 2.68. The van der Waals surface area contributed by atoms with Crippen molar-refractivity contribution < 1.29 is 0 Å². The van der Waals surface area contributed by atoms with Crippen LogP contribution in [0, 0.1) is 11.8 Å². The van der Waals surface area contributed by atoms with Crippen molar-refractivity contribution in [3.63, 3.8) is 0 Å². The molecule has 2 heterocycles. The molecule has 1 saturated carbocycles. The monoisotopic (exact) mass is 326 g/mol. The van der Waals surface area contributed by atoms with Crippen LogP contribution in [0.1, 0.15) is 12.8 Å². The fourth-order valence-corrected chi connectivity index (χ4v) is 3.55. The van der Waals surface area contributed by atoms with Crippen LogP contribution >= 0.6 is 24.8 Å². The van der Waals surface area contributed by atoms with Crippen LogP contribution in [0.25, 0.3) is 11.0 Å². The van der Waals surface area contributed by atoms with E-state index in [1.807, 2.05) is 30.5 Å². The van der Waals surface area contributed by atoms with E-state index >= 15 is 0 Å². The molecule has 114 valence electrons. The molecule has 2 fully saturated rings. The Morgan fingerprint density at radius 1 is 1.00 bits per heavy atom. The van der Waals surface area contributed by atoms with Gasteiger partial charge in [-0.2, -0.15) is 0 Å². The molecule has 1 aromatic heterocycles. The molecular weight excluding hydrogens is 307 g/mol. The molecule has 4 nitrogen and oxygen atoms in total. The van der Waals surface area contributed by atoms with Crippen molar-refractivity contribution in [2.75, 3.05) is 18.0 Å². The fourth-order valence-electron chi connectivity index (χ4n) is 3.55. The molecule has 3 atom stereocenters. The lowest BCUT2D eigenvalue weighted by molar-refractivity contribution is 0.355. The standard InChI is InChI=1S/C15H18N4.2ClH/c16-15-10-5-6-11(15)9-19(8-10)14-7-17-12-3-1-2-4-13(12)18-14;;/h1-4,7,10-11,15H,5-6,8-9,16H2;2*1H/t10-,11+,15?;;. The Labute approximate surface area is 137 Å².